The number of halogens is 1. The lowest BCUT2D eigenvalue weighted by molar-refractivity contribution is 0.327. The quantitative estimate of drug-likeness (QED) is 0.666. The van der Waals surface area contributed by atoms with Crippen LogP contribution in [0.3, 0.4) is 0 Å². The second kappa shape index (κ2) is 8.63. The Labute approximate surface area is 170 Å². The number of benzene rings is 2. The van der Waals surface area contributed by atoms with Crippen LogP contribution < -0.4 is 9.64 Å². The van der Waals surface area contributed by atoms with Gasteiger partial charge in [-0.2, -0.15) is 4.31 Å². The van der Waals surface area contributed by atoms with E-state index >= 15 is 0 Å². The maximum atomic E-state index is 13.2. The zero-order chi connectivity index (χ0) is 19.4. The van der Waals surface area contributed by atoms with Crippen LogP contribution in [0.2, 0.25) is 0 Å². The molecule has 0 aliphatic carbocycles. The average Bonchev–Trinajstić information content (AvgIpc) is 2.69. The molecule has 0 aromatic heterocycles. The maximum Gasteiger partial charge on any atom is 0.246 e. The third-order valence-electron chi connectivity index (χ3n) is 4.78. The molecular weight excluding hydrogens is 428 g/mol. The van der Waals surface area contributed by atoms with Crippen LogP contribution in [0.4, 0.5) is 5.69 Å². The van der Waals surface area contributed by atoms with Gasteiger partial charge in [-0.05, 0) is 43.2 Å². The number of aryl methyl sites for hydroxylation is 1. The van der Waals surface area contributed by atoms with Crippen LogP contribution in [0.1, 0.15) is 19.4 Å². The van der Waals surface area contributed by atoms with E-state index in [1.807, 2.05) is 19.1 Å². The minimum absolute atomic E-state index is 0.223. The van der Waals surface area contributed by atoms with Gasteiger partial charge in [0, 0.05) is 36.3 Å². The van der Waals surface area contributed by atoms with Gasteiger partial charge in [0.2, 0.25) is 10.0 Å². The molecule has 2 aromatic rings. The van der Waals surface area contributed by atoms with Crippen molar-refractivity contribution < 1.29 is 13.2 Å². The van der Waals surface area contributed by atoms with Gasteiger partial charge in [0.05, 0.1) is 6.61 Å². The first kappa shape index (κ1) is 20.2. The van der Waals surface area contributed by atoms with Crippen molar-refractivity contribution in [3.63, 3.8) is 0 Å². The van der Waals surface area contributed by atoms with E-state index in [2.05, 4.69) is 39.9 Å². The molecule has 1 aliphatic rings. The molecule has 1 heterocycles. The van der Waals surface area contributed by atoms with E-state index in [-0.39, 0.29) is 4.90 Å². The minimum atomic E-state index is -3.61. The molecule has 0 bridgehead atoms. The lowest BCUT2D eigenvalue weighted by atomic mass is 10.1. The molecule has 0 spiro atoms. The van der Waals surface area contributed by atoms with Gasteiger partial charge < -0.3 is 9.64 Å². The number of nitrogens with zero attached hydrogens (tertiary/aromatic N) is 2. The van der Waals surface area contributed by atoms with Crippen molar-refractivity contribution in [2.75, 3.05) is 37.7 Å². The van der Waals surface area contributed by atoms with Crippen molar-refractivity contribution in [1.29, 1.82) is 0 Å². The normalized spacial score (nSPS) is 15.7. The molecule has 0 saturated carbocycles. The van der Waals surface area contributed by atoms with Gasteiger partial charge in [-0.25, -0.2) is 8.42 Å². The largest absolute Gasteiger partial charge is 0.492 e. The zero-order valence-corrected chi connectivity index (χ0v) is 18.1. The molecule has 0 N–H and O–H groups in total. The summed E-state index contributed by atoms with van der Waals surface area (Å²) in [7, 11) is -3.61. The smallest absolute Gasteiger partial charge is 0.246 e. The van der Waals surface area contributed by atoms with Crippen molar-refractivity contribution >= 4 is 31.6 Å². The van der Waals surface area contributed by atoms with Crippen LogP contribution in [0.5, 0.6) is 5.75 Å². The van der Waals surface area contributed by atoms with Crippen molar-refractivity contribution in [1.82, 2.24) is 4.31 Å². The van der Waals surface area contributed by atoms with E-state index in [9.17, 15) is 8.42 Å². The van der Waals surface area contributed by atoms with Crippen molar-refractivity contribution in [2.45, 2.75) is 25.2 Å². The number of anilines is 1. The molecule has 0 atom stereocenters. The summed E-state index contributed by atoms with van der Waals surface area (Å²) in [6.07, 6.45) is 0.963. The van der Waals surface area contributed by atoms with Gasteiger partial charge in [0.15, 0.2) is 0 Å². The van der Waals surface area contributed by atoms with Crippen LogP contribution >= 0.6 is 15.9 Å². The molecule has 3 rings (SSSR count). The van der Waals surface area contributed by atoms with Crippen molar-refractivity contribution in [3.05, 3.63) is 52.5 Å². The van der Waals surface area contributed by atoms with Crippen LogP contribution in [-0.2, 0) is 16.4 Å². The van der Waals surface area contributed by atoms with E-state index in [4.69, 9.17) is 4.74 Å². The SMILES string of the molecule is CCOc1ccc(Br)cc1S(=O)(=O)N1CCN(c2ccccc2CC)CC1. The number of hydrogen-bond donors (Lipinski definition) is 0. The number of sulfonamides is 1. The Hall–Kier alpha value is -1.57. The minimum Gasteiger partial charge on any atom is -0.492 e. The average molecular weight is 453 g/mol. The van der Waals surface area contributed by atoms with Gasteiger partial charge in [-0.1, -0.05) is 41.1 Å². The highest BCUT2D eigenvalue weighted by atomic mass is 79.9. The van der Waals surface area contributed by atoms with E-state index in [0.29, 0.717) is 38.5 Å². The summed E-state index contributed by atoms with van der Waals surface area (Å²) in [6.45, 7) is 6.68. The first-order valence-electron chi connectivity index (χ1n) is 9.22. The van der Waals surface area contributed by atoms with Gasteiger partial charge >= 0.3 is 0 Å². The summed E-state index contributed by atoms with van der Waals surface area (Å²) in [5, 5.41) is 0. The van der Waals surface area contributed by atoms with Gasteiger partial charge in [0.1, 0.15) is 10.6 Å². The molecule has 146 valence electrons. The molecular formula is C20H25BrN2O3S. The van der Waals surface area contributed by atoms with Crippen LogP contribution in [0, 0.1) is 0 Å². The van der Waals surface area contributed by atoms with Gasteiger partial charge in [-0.3, -0.25) is 0 Å². The van der Waals surface area contributed by atoms with Gasteiger partial charge in [0.25, 0.3) is 0 Å². The Morgan fingerprint density at radius 3 is 2.41 bits per heavy atom. The summed E-state index contributed by atoms with van der Waals surface area (Å²) < 4.78 is 34.2. The van der Waals surface area contributed by atoms with E-state index in [1.54, 1.807) is 22.5 Å². The lowest BCUT2D eigenvalue weighted by Crippen LogP contribution is -2.49. The summed E-state index contributed by atoms with van der Waals surface area (Å²) in [5.41, 5.74) is 2.49. The fourth-order valence-corrected chi connectivity index (χ4v) is 5.48. The Morgan fingerprint density at radius 2 is 1.74 bits per heavy atom. The second-order valence-corrected chi connectivity index (χ2v) is 9.22. The Balaban J connectivity index is 1.80. The molecule has 0 radical (unpaired) electrons. The zero-order valence-electron chi connectivity index (χ0n) is 15.7. The van der Waals surface area contributed by atoms with Crippen LogP contribution in [0.25, 0.3) is 0 Å². The Morgan fingerprint density at radius 1 is 1.04 bits per heavy atom. The summed E-state index contributed by atoms with van der Waals surface area (Å²) in [5.74, 6) is 0.402. The Kier molecular flexibility index (Phi) is 6.44. The molecule has 7 heteroatoms. The fourth-order valence-electron chi connectivity index (χ4n) is 3.38. The van der Waals surface area contributed by atoms with Crippen LogP contribution in [-0.4, -0.2) is 45.5 Å². The van der Waals surface area contributed by atoms with Crippen molar-refractivity contribution in [2.24, 2.45) is 0 Å². The third kappa shape index (κ3) is 4.31. The van der Waals surface area contributed by atoms with E-state index in [1.165, 1.54) is 11.3 Å². The summed E-state index contributed by atoms with van der Waals surface area (Å²) in [6, 6.07) is 13.5. The standard InChI is InChI=1S/C20H25BrN2O3S/c1-3-16-7-5-6-8-18(16)22-11-13-23(14-12-22)27(24,25)20-15-17(21)9-10-19(20)26-4-2/h5-10,15H,3-4,11-14H2,1-2H3. The van der Waals surface area contributed by atoms with E-state index in [0.717, 1.165) is 10.9 Å². The van der Waals surface area contributed by atoms with Gasteiger partial charge in [-0.15, -0.1) is 0 Å². The molecule has 1 fully saturated rings. The topological polar surface area (TPSA) is 49.9 Å². The second-order valence-electron chi connectivity index (χ2n) is 6.40. The molecule has 1 aliphatic heterocycles. The third-order valence-corrected chi connectivity index (χ3v) is 7.19. The lowest BCUT2D eigenvalue weighted by Gasteiger charge is -2.36. The maximum absolute atomic E-state index is 13.2. The first-order chi connectivity index (χ1) is 13.0. The molecule has 2 aromatic carbocycles. The van der Waals surface area contributed by atoms with E-state index < -0.39 is 10.0 Å². The number of piperazine rings is 1. The van der Waals surface area contributed by atoms with Crippen LogP contribution in [0.15, 0.2) is 51.8 Å². The highest BCUT2D eigenvalue weighted by molar-refractivity contribution is 9.10. The fraction of sp³-hybridized carbons (Fsp3) is 0.400. The molecule has 0 unspecified atom stereocenters. The Bertz CT molecular complexity index is 894. The predicted octanol–water partition coefficient (Wildman–Crippen LogP) is 3.92. The molecule has 1 saturated heterocycles. The summed E-state index contributed by atoms with van der Waals surface area (Å²) in [4.78, 5) is 2.50. The highest BCUT2D eigenvalue weighted by Gasteiger charge is 2.31. The first-order valence-corrected chi connectivity index (χ1v) is 11.5. The molecule has 27 heavy (non-hydrogen) atoms. The monoisotopic (exact) mass is 452 g/mol. The molecule has 0 amide bonds. The number of hydrogen-bond acceptors (Lipinski definition) is 4. The molecule has 5 nitrogen and oxygen atoms in total. The summed E-state index contributed by atoms with van der Waals surface area (Å²) >= 11 is 3.37. The highest BCUT2D eigenvalue weighted by Crippen LogP contribution is 2.31. The number of ether oxygens (including phenoxy) is 1. The number of para-hydroxylation sites is 1. The van der Waals surface area contributed by atoms with Crippen molar-refractivity contribution in [3.8, 4) is 5.75 Å². The number of rotatable bonds is 6. The predicted molar refractivity (Wildman–Crippen MR) is 112 cm³/mol.